The minimum absolute atomic E-state index is 0. The molecule has 3 N–H and O–H groups in total. The summed E-state index contributed by atoms with van der Waals surface area (Å²) in [6, 6.07) is 0.359. The molecule has 0 spiro atoms. The molecule has 3 nitrogen and oxygen atoms in total. The van der Waals surface area contributed by atoms with Gasteiger partial charge in [0.05, 0.1) is 5.54 Å². The van der Waals surface area contributed by atoms with Gasteiger partial charge in [-0.2, -0.15) is 0 Å². The van der Waals surface area contributed by atoms with E-state index in [1.807, 2.05) is 0 Å². The molecule has 2 aliphatic carbocycles. The second kappa shape index (κ2) is 6.65. The van der Waals surface area contributed by atoms with Crippen LogP contribution in [0.2, 0.25) is 0 Å². The minimum atomic E-state index is -0.542. The smallest absolute Gasteiger partial charge is 0.240 e. The van der Waals surface area contributed by atoms with Gasteiger partial charge in [-0.15, -0.1) is 12.4 Å². The zero-order valence-corrected chi connectivity index (χ0v) is 14.0. The van der Waals surface area contributed by atoms with E-state index in [-0.39, 0.29) is 18.3 Å². The number of nitrogens with one attached hydrogen (secondary N) is 1. The van der Waals surface area contributed by atoms with Crippen LogP contribution in [-0.2, 0) is 4.79 Å². The molecule has 0 unspecified atom stereocenters. The van der Waals surface area contributed by atoms with Gasteiger partial charge < -0.3 is 11.1 Å². The average Bonchev–Trinajstić information content (AvgIpc) is 2.36. The van der Waals surface area contributed by atoms with E-state index >= 15 is 0 Å². The minimum Gasteiger partial charge on any atom is -0.352 e. The lowest BCUT2D eigenvalue weighted by Gasteiger charge is -2.41. The van der Waals surface area contributed by atoms with Gasteiger partial charge in [0.25, 0.3) is 0 Å². The summed E-state index contributed by atoms with van der Waals surface area (Å²) in [4.78, 5) is 12.1. The maximum atomic E-state index is 12.1. The van der Waals surface area contributed by atoms with Crippen molar-refractivity contribution in [2.75, 3.05) is 0 Å². The van der Waals surface area contributed by atoms with Crippen LogP contribution in [0.1, 0.15) is 72.1 Å². The van der Waals surface area contributed by atoms with E-state index in [4.69, 9.17) is 5.73 Å². The molecule has 0 saturated heterocycles. The molecule has 118 valence electrons. The van der Waals surface area contributed by atoms with Crippen molar-refractivity contribution in [1.82, 2.24) is 5.32 Å². The maximum absolute atomic E-state index is 12.1. The molecule has 0 aromatic rings. The summed E-state index contributed by atoms with van der Waals surface area (Å²) in [5, 5.41) is 3.19. The molecule has 2 fully saturated rings. The fraction of sp³-hybridized carbons (Fsp3) is 0.938. The lowest BCUT2D eigenvalue weighted by atomic mass is 9.68. The molecule has 0 aromatic heterocycles. The molecule has 0 heterocycles. The first-order valence-electron chi connectivity index (χ1n) is 7.97. The number of hydrogen-bond donors (Lipinski definition) is 2. The van der Waals surface area contributed by atoms with Crippen LogP contribution in [-0.4, -0.2) is 17.5 Å². The third-order valence-electron chi connectivity index (χ3n) is 5.78. The van der Waals surface area contributed by atoms with Crippen molar-refractivity contribution in [3.63, 3.8) is 0 Å². The molecule has 0 aliphatic heterocycles. The Kier molecular flexibility index (Phi) is 5.91. The van der Waals surface area contributed by atoms with Crippen molar-refractivity contribution in [3.05, 3.63) is 0 Å². The molecule has 0 radical (unpaired) electrons. The first-order chi connectivity index (χ1) is 8.87. The molecule has 2 rings (SSSR count). The van der Waals surface area contributed by atoms with Gasteiger partial charge in [-0.25, -0.2) is 0 Å². The van der Waals surface area contributed by atoms with E-state index in [0.29, 0.717) is 11.5 Å². The van der Waals surface area contributed by atoms with Crippen LogP contribution in [0.15, 0.2) is 0 Å². The van der Waals surface area contributed by atoms with Crippen LogP contribution < -0.4 is 11.1 Å². The third-order valence-corrected chi connectivity index (χ3v) is 5.78. The zero-order valence-electron chi connectivity index (χ0n) is 13.2. The Morgan fingerprint density at radius 3 is 2.20 bits per heavy atom. The van der Waals surface area contributed by atoms with E-state index in [2.05, 4.69) is 26.1 Å². The Hall–Kier alpha value is -0.280. The fourth-order valence-electron chi connectivity index (χ4n) is 3.42. The van der Waals surface area contributed by atoms with E-state index in [1.54, 1.807) is 0 Å². The topological polar surface area (TPSA) is 55.1 Å². The number of hydrogen-bond acceptors (Lipinski definition) is 2. The second-order valence-electron chi connectivity index (χ2n) is 7.37. The number of amides is 1. The molecule has 0 bridgehead atoms. The molecule has 0 atom stereocenters. The zero-order chi connectivity index (χ0) is 14.1. The van der Waals surface area contributed by atoms with E-state index in [9.17, 15) is 4.79 Å². The molecule has 0 aromatic carbocycles. The summed E-state index contributed by atoms with van der Waals surface area (Å²) in [7, 11) is 0. The van der Waals surface area contributed by atoms with Crippen molar-refractivity contribution < 1.29 is 4.79 Å². The van der Waals surface area contributed by atoms with Crippen molar-refractivity contribution in [3.8, 4) is 0 Å². The summed E-state index contributed by atoms with van der Waals surface area (Å²) < 4.78 is 0. The molecule has 20 heavy (non-hydrogen) atoms. The van der Waals surface area contributed by atoms with Crippen molar-refractivity contribution >= 4 is 18.3 Å². The quantitative estimate of drug-likeness (QED) is 0.836. The lowest BCUT2D eigenvalue weighted by molar-refractivity contribution is -0.130. The lowest BCUT2D eigenvalue weighted by Crippen LogP contribution is -2.60. The van der Waals surface area contributed by atoms with Crippen LogP contribution in [0.25, 0.3) is 0 Å². The van der Waals surface area contributed by atoms with Crippen LogP contribution in [0, 0.1) is 11.3 Å². The number of carbonyl (C=O) groups is 1. The molecule has 1 amide bonds. The van der Waals surface area contributed by atoms with Crippen LogP contribution in [0.5, 0.6) is 0 Å². The van der Waals surface area contributed by atoms with Crippen LogP contribution >= 0.6 is 12.4 Å². The fourth-order valence-corrected chi connectivity index (χ4v) is 3.42. The van der Waals surface area contributed by atoms with Crippen molar-refractivity contribution in [2.24, 2.45) is 17.1 Å². The predicted molar refractivity (Wildman–Crippen MR) is 86.0 cm³/mol. The Labute approximate surface area is 129 Å². The summed E-state index contributed by atoms with van der Waals surface area (Å²) in [6.07, 6.45) is 8.77. The third kappa shape index (κ3) is 3.67. The SMILES string of the molecule is CCC(C)(C)C1CCC(NC(=O)C2(N)CCC2)CC1.Cl. The largest absolute Gasteiger partial charge is 0.352 e. The highest BCUT2D eigenvalue weighted by molar-refractivity contribution is 5.87. The maximum Gasteiger partial charge on any atom is 0.240 e. The van der Waals surface area contributed by atoms with Gasteiger partial charge in [0, 0.05) is 6.04 Å². The molecular formula is C16H31ClN2O. The van der Waals surface area contributed by atoms with Gasteiger partial charge in [0.1, 0.15) is 0 Å². The van der Waals surface area contributed by atoms with Crippen molar-refractivity contribution in [2.45, 2.75) is 83.7 Å². The Bertz CT molecular complexity index is 331. The first kappa shape index (κ1) is 17.8. The number of rotatable bonds is 4. The monoisotopic (exact) mass is 302 g/mol. The van der Waals surface area contributed by atoms with E-state index < -0.39 is 5.54 Å². The van der Waals surface area contributed by atoms with Crippen LogP contribution in [0.3, 0.4) is 0 Å². The standard InChI is InChI=1S/C16H30N2O.ClH/c1-4-15(2,3)12-6-8-13(9-7-12)18-14(19)16(17)10-5-11-16;/h12-13H,4-11,17H2,1-3H3,(H,18,19);1H. The van der Waals surface area contributed by atoms with Gasteiger partial charge in [-0.1, -0.05) is 27.2 Å². The van der Waals surface area contributed by atoms with Crippen LogP contribution in [0.4, 0.5) is 0 Å². The highest BCUT2D eigenvalue weighted by Gasteiger charge is 2.41. The second-order valence-corrected chi connectivity index (χ2v) is 7.37. The van der Waals surface area contributed by atoms with Crippen molar-refractivity contribution in [1.29, 1.82) is 0 Å². The Balaban J connectivity index is 0.00000200. The van der Waals surface area contributed by atoms with Gasteiger partial charge in [-0.3, -0.25) is 4.79 Å². The summed E-state index contributed by atoms with van der Waals surface area (Å²) in [6.45, 7) is 7.03. The number of carbonyl (C=O) groups excluding carboxylic acids is 1. The Morgan fingerprint density at radius 1 is 1.25 bits per heavy atom. The van der Waals surface area contributed by atoms with E-state index in [0.717, 1.165) is 38.0 Å². The molecule has 4 heteroatoms. The Morgan fingerprint density at radius 2 is 1.80 bits per heavy atom. The summed E-state index contributed by atoms with van der Waals surface area (Å²) in [5.41, 5.74) is 5.97. The van der Waals surface area contributed by atoms with Gasteiger partial charge in [0.15, 0.2) is 0 Å². The summed E-state index contributed by atoms with van der Waals surface area (Å²) in [5.74, 6) is 0.901. The van der Waals surface area contributed by atoms with Gasteiger partial charge >= 0.3 is 0 Å². The van der Waals surface area contributed by atoms with Gasteiger partial charge in [-0.05, 0) is 56.3 Å². The molecular weight excluding hydrogens is 272 g/mol. The highest BCUT2D eigenvalue weighted by Crippen LogP contribution is 2.40. The highest BCUT2D eigenvalue weighted by atomic mass is 35.5. The summed E-state index contributed by atoms with van der Waals surface area (Å²) >= 11 is 0. The molecule has 2 aliphatic rings. The predicted octanol–water partition coefficient (Wildman–Crippen LogP) is 3.40. The van der Waals surface area contributed by atoms with Gasteiger partial charge in [0.2, 0.25) is 5.91 Å². The first-order valence-corrected chi connectivity index (χ1v) is 7.97. The molecule has 2 saturated carbocycles. The van der Waals surface area contributed by atoms with E-state index in [1.165, 1.54) is 19.3 Å². The number of nitrogens with two attached hydrogens (primary N) is 1. The normalized spacial score (nSPS) is 29.0. The number of halogens is 1. The average molecular weight is 303 g/mol.